The van der Waals surface area contributed by atoms with Crippen LogP contribution in [0.2, 0.25) is 0 Å². The van der Waals surface area contributed by atoms with Crippen molar-refractivity contribution in [2.75, 3.05) is 52.7 Å². The van der Waals surface area contributed by atoms with Crippen LogP contribution in [-0.2, 0) is 13.0 Å². The molecule has 0 spiro atoms. The Morgan fingerprint density at radius 3 is 2.25 bits per heavy atom. The van der Waals surface area contributed by atoms with Crippen molar-refractivity contribution in [1.82, 2.24) is 9.80 Å². The van der Waals surface area contributed by atoms with Gasteiger partial charge in [0.15, 0.2) is 11.5 Å². The van der Waals surface area contributed by atoms with Gasteiger partial charge in [-0.15, -0.1) is 0 Å². The van der Waals surface area contributed by atoms with Gasteiger partial charge in [0, 0.05) is 56.9 Å². The highest BCUT2D eigenvalue weighted by Crippen LogP contribution is 2.44. The van der Waals surface area contributed by atoms with Crippen LogP contribution in [0, 0.1) is 20.8 Å². The molecule has 174 valence electrons. The van der Waals surface area contributed by atoms with Gasteiger partial charge in [-0.2, -0.15) is 0 Å². The van der Waals surface area contributed by atoms with E-state index in [4.69, 9.17) is 19.9 Å². The van der Waals surface area contributed by atoms with Gasteiger partial charge >= 0.3 is 0 Å². The second kappa shape index (κ2) is 8.83. The topological polar surface area (TPSA) is 60.2 Å². The highest BCUT2D eigenvalue weighted by molar-refractivity contribution is 5.66. The van der Waals surface area contributed by atoms with Crippen LogP contribution in [0.15, 0.2) is 18.2 Å². The molecule has 2 heterocycles. The van der Waals surface area contributed by atoms with Gasteiger partial charge in [-0.25, -0.2) is 0 Å². The zero-order chi connectivity index (χ0) is 23.0. The monoisotopic (exact) mass is 439 g/mol. The summed E-state index contributed by atoms with van der Waals surface area (Å²) in [5, 5.41) is 0. The molecule has 4 rings (SSSR count). The molecule has 2 N–H and O–H groups in total. The van der Waals surface area contributed by atoms with E-state index in [1.807, 2.05) is 6.07 Å². The molecule has 0 amide bonds. The fourth-order valence-corrected chi connectivity index (χ4v) is 5.12. The van der Waals surface area contributed by atoms with Gasteiger partial charge in [-0.1, -0.05) is 6.07 Å². The third-order valence-electron chi connectivity index (χ3n) is 7.21. The number of ether oxygens (including phenoxy) is 3. The smallest absolute Gasteiger partial charge is 0.161 e. The van der Waals surface area contributed by atoms with Crippen molar-refractivity contribution >= 4 is 5.69 Å². The molecule has 1 fully saturated rings. The Morgan fingerprint density at radius 1 is 0.938 bits per heavy atom. The van der Waals surface area contributed by atoms with Crippen molar-refractivity contribution in [1.29, 1.82) is 0 Å². The fraction of sp³-hybridized carbons (Fsp3) is 0.538. The SMILES string of the molecule is COc1ccc(CN2CCN(CC3(C)Cc4c(C)c(N)c(C)c(C)c4O3)CC2)cc1OC. The lowest BCUT2D eigenvalue weighted by atomic mass is 9.91. The number of anilines is 1. The summed E-state index contributed by atoms with van der Waals surface area (Å²) in [5.74, 6) is 2.62. The van der Waals surface area contributed by atoms with Crippen LogP contribution >= 0.6 is 0 Å². The van der Waals surface area contributed by atoms with Crippen molar-refractivity contribution in [3.8, 4) is 17.2 Å². The van der Waals surface area contributed by atoms with Crippen molar-refractivity contribution < 1.29 is 14.2 Å². The predicted octanol–water partition coefficient (Wildman–Crippen LogP) is 3.72. The van der Waals surface area contributed by atoms with E-state index < -0.39 is 0 Å². The van der Waals surface area contributed by atoms with Crippen molar-refractivity contribution in [2.45, 2.75) is 46.3 Å². The molecule has 2 aromatic carbocycles. The lowest BCUT2D eigenvalue weighted by molar-refractivity contribution is 0.0364. The van der Waals surface area contributed by atoms with Crippen LogP contribution in [0.25, 0.3) is 0 Å². The summed E-state index contributed by atoms with van der Waals surface area (Å²) in [6.07, 6.45) is 0.922. The molecule has 1 saturated heterocycles. The van der Waals surface area contributed by atoms with Crippen LogP contribution in [0.4, 0.5) is 5.69 Å². The molecule has 1 unspecified atom stereocenters. The summed E-state index contributed by atoms with van der Waals surface area (Å²) in [6.45, 7) is 14.6. The molecule has 0 radical (unpaired) electrons. The molecule has 32 heavy (non-hydrogen) atoms. The Labute approximate surface area is 192 Å². The largest absolute Gasteiger partial charge is 0.493 e. The molecule has 0 aliphatic carbocycles. The van der Waals surface area contributed by atoms with Crippen LogP contribution in [0.3, 0.4) is 0 Å². The maximum Gasteiger partial charge on any atom is 0.161 e. The third kappa shape index (κ3) is 4.26. The van der Waals surface area contributed by atoms with E-state index in [1.165, 1.54) is 22.3 Å². The van der Waals surface area contributed by atoms with Crippen LogP contribution in [0.1, 0.15) is 34.7 Å². The second-order valence-corrected chi connectivity index (χ2v) is 9.57. The average molecular weight is 440 g/mol. The van der Waals surface area contributed by atoms with Gasteiger partial charge in [0.05, 0.1) is 14.2 Å². The molecule has 2 aromatic rings. The highest BCUT2D eigenvalue weighted by Gasteiger charge is 2.39. The minimum absolute atomic E-state index is 0.205. The van der Waals surface area contributed by atoms with E-state index in [9.17, 15) is 0 Å². The van der Waals surface area contributed by atoms with Gasteiger partial charge in [0.2, 0.25) is 0 Å². The zero-order valence-corrected chi connectivity index (χ0v) is 20.4. The number of nitrogens with zero attached hydrogens (tertiary/aromatic N) is 2. The average Bonchev–Trinajstić information content (AvgIpc) is 3.15. The van der Waals surface area contributed by atoms with Crippen LogP contribution in [0.5, 0.6) is 17.2 Å². The first-order valence-corrected chi connectivity index (χ1v) is 11.5. The lowest BCUT2D eigenvalue weighted by Crippen LogP contribution is -2.52. The summed E-state index contributed by atoms with van der Waals surface area (Å²) in [4.78, 5) is 5.04. The standard InChI is InChI=1S/C26H37N3O3/c1-17-18(2)25-21(19(3)24(17)27)14-26(4,32-25)16-29-11-9-28(10-12-29)15-20-7-8-22(30-5)23(13-20)31-6/h7-8,13H,9-12,14-16,27H2,1-6H3. The number of nitrogens with two attached hydrogens (primary N) is 1. The molecule has 1 atom stereocenters. The maximum absolute atomic E-state index is 6.58. The van der Waals surface area contributed by atoms with Crippen LogP contribution in [-0.4, -0.2) is 62.3 Å². The van der Waals surface area contributed by atoms with Crippen LogP contribution < -0.4 is 19.9 Å². The van der Waals surface area contributed by atoms with Gasteiger partial charge in [0.1, 0.15) is 11.4 Å². The molecular weight excluding hydrogens is 402 g/mol. The Kier molecular flexibility index (Phi) is 6.28. The van der Waals surface area contributed by atoms with Crippen molar-refractivity contribution in [3.63, 3.8) is 0 Å². The number of benzene rings is 2. The van der Waals surface area contributed by atoms with Crippen molar-refractivity contribution in [3.05, 3.63) is 46.0 Å². The van der Waals surface area contributed by atoms with Crippen molar-refractivity contribution in [2.24, 2.45) is 0 Å². The van der Waals surface area contributed by atoms with Gasteiger partial charge < -0.3 is 19.9 Å². The molecule has 2 aliphatic rings. The molecule has 6 heteroatoms. The number of piperazine rings is 1. The number of hydrogen-bond acceptors (Lipinski definition) is 6. The minimum atomic E-state index is -0.205. The minimum Gasteiger partial charge on any atom is -0.493 e. The Bertz CT molecular complexity index is 960. The number of rotatable bonds is 6. The number of hydrogen-bond donors (Lipinski definition) is 1. The molecule has 0 aromatic heterocycles. The fourth-order valence-electron chi connectivity index (χ4n) is 5.12. The normalized spacial score (nSPS) is 21.3. The number of fused-ring (bicyclic) bond motifs is 1. The summed E-state index contributed by atoms with van der Waals surface area (Å²) >= 11 is 0. The first kappa shape index (κ1) is 22.7. The third-order valence-corrected chi connectivity index (χ3v) is 7.21. The predicted molar refractivity (Wildman–Crippen MR) is 129 cm³/mol. The lowest BCUT2D eigenvalue weighted by Gasteiger charge is -2.38. The number of nitrogen functional groups attached to an aromatic ring is 1. The van der Waals surface area contributed by atoms with Gasteiger partial charge in [0.25, 0.3) is 0 Å². The molecule has 0 bridgehead atoms. The molecule has 2 aliphatic heterocycles. The second-order valence-electron chi connectivity index (χ2n) is 9.57. The van der Waals surface area contributed by atoms with E-state index in [0.717, 1.165) is 74.2 Å². The van der Waals surface area contributed by atoms with E-state index in [0.29, 0.717) is 0 Å². The number of methoxy groups -OCH3 is 2. The Morgan fingerprint density at radius 2 is 1.59 bits per heavy atom. The Balaban J connectivity index is 1.35. The molecule has 0 saturated carbocycles. The first-order chi connectivity index (χ1) is 15.2. The van der Waals surface area contributed by atoms with E-state index in [-0.39, 0.29) is 5.60 Å². The summed E-state index contributed by atoms with van der Waals surface area (Å²) in [6, 6.07) is 6.18. The zero-order valence-electron chi connectivity index (χ0n) is 20.4. The first-order valence-electron chi connectivity index (χ1n) is 11.5. The summed E-state index contributed by atoms with van der Waals surface area (Å²) in [5.41, 5.74) is 13.1. The van der Waals surface area contributed by atoms with Gasteiger partial charge in [-0.3, -0.25) is 9.80 Å². The van der Waals surface area contributed by atoms with Gasteiger partial charge in [-0.05, 0) is 62.1 Å². The highest BCUT2D eigenvalue weighted by atomic mass is 16.5. The summed E-state index contributed by atoms with van der Waals surface area (Å²) < 4.78 is 17.4. The maximum atomic E-state index is 6.58. The quantitative estimate of drug-likeness (QED) is 0.693. The molecular formula is C26H37N3O3. The molecule has 6 nitrogen and oxygen atoms in total. The van der Waals surface area contributed by atoms with E-state index in [2.05, 4.69) is 49.6 Å². The summed E-state index contributed by atoms with van der Waals surface area (Å²) in [7, 11) is 3.35. The Hall–Kier alpha value is -2.44. The van der Waals surface area contributed by atoms with E-state index in [1.54, 1.807) is 14.2 Å². The van der Waals surface area contributed by atoms with E-state index >= 15 is 0 Å².